The molecule has 1 heterocycles. The number of sulfone groups is 1. The molecule has 152 valence electrons. The van der Waals surface area contributed by atoms with Crippen molar-refractivity contribution in [1.29, 1.82) is 0 Å². The average Bonchev–Trinajstić information content (AvgIpc) is 3.24. The van der Waals surface area contributed by atoms with E-state index in [2.05, 4.69) is 5.32 Å². The van der Waals surface area contributed by atoms with Crippen LogP contribution in [0.5, 0.6) is 5.75 Å². The maximum absolute atomic E-state index is 13.3. The average molecular weight is 413 g/mol. The van der Waals surface area contributed by atoms with Gasteiger partial charge in [-0.1, -0.05) is 18.2 Å². The van der Waals surface area contributed by atoms with Crippen LogP contribution in [0.4, 0.5) is 0 Å². The molecule has 0 saturated heterocycles. The van der Waals surface area contributed by atoms with Crippen molar-refractivity contribution in [3.8, 4) is 5.75 Å². The van der Waals surface area contributed by atoms with E-state index >= 15 is 0 Å². The molecule has 1 amide bonds. The molecule has 3 rings (SSSR count). The van der Waals surface area contributed by atoms with Crippen LogP contribution in [0.3, 0.4) is 0 Å². The number of methoxy groups -OCH3 is 1. The van der Waals surface area contributed by atoms with E-state index in [9.17, 15) is 13.2 Å². The zero-order chi connectivity index (χ0) is 21.0. The summed E-state index contributed by atoms with van der Waals surface area (Å²) in [6.45, 7) is 3.64. The lowest BCUT2D eigenvalue weighted by Crippen LogP contribution is -2.32. The fourth-order valence-electron chi connectivity index (χ4n) is 3.01. The van der Waals surface area contributed by atoms with Gasteiger partial charge >= 0.3 is 0 Å². The van der Waals surface area contributed by atoms with Crippen molar-refractivity contribution >= 4 is 15.7 Å². The molecule has 6 nitrogen and oxygen atoms in total. The monoisotopic (exact) mass is 413 g/mol. The number of rotatable bonds is 7. The molecule has 0 bridgehead atoms. The number of amides is 1. The van der Waals surface area contributed by atoms with Crippen molar-refractivity contribution in [2.45, 2.75) is 24.0 Å². The van der Waals surface area contributed by atoms with Crippen molar-refractivity contribution in [2.75, 3.05) is 13.7 Å². The van der Waals surface area contributed by atoms with Crippen molar-refractivity contribution in [1.82, 2.24) is 5.32 Å². The maximum atomic E-state index is 13.3. The lowest BCUT2D eigenvalue weighted by Gasteiger charge is -2.18. The molecule has 2 aromatic carbocycles. The largest absolute Gasteiger partial charge is 0.496 e. The number of furan rings is 1. The first-order chi connectivity index (χ1) is 13.8. The fraction of sp³-hybridized carbons (Fsp3) is 0.227. The van der Waals surface area contributed by atoms with Gasteiger partial charge in [0.2, 0.25) is 0 Å². The minimum atomic E-state index is -3.80. The minimum Gasteiger partial charge on any atom is -0.496 e. The first-order valence-corrected chi connectivity index (χ1v) is 10.6. The summed E-state index contributed by atoms with van der Waals surface area (Å²) < 4.78 is 37.3. The molecule has 7 heteroatoms. The Hall–Kier alpha value is -3.06. The standard InChI is InChI=1S/C22H23NO5S/c1-15-10-11-17(13-16(15)2)29(25,26)21(20-9-6-12-28-20)14-23-22(24)18-7-4-5-8-19(18)27-3/h4-13,21H,14H2,1-3H3,(H,23,24)/t21-/m0/s1. The summed E-state index contributed by atoms with van der Waals surface area (Å²) in [5.74, 6) is 0.259. The Bertz CT molecular complexity index is 1100. The van der Waals surface area contributed by atoms with Gasteiger partial charge in [-0.15, -0.1) is 0 Å². The van der Waals surface area contributed by atoms with Crippen LogP contribution in [0.15, 0.2) is 70.2 Å². The van der Waals surface area contributed by atoms with Crippen LogP contribution < -0.4 is 10.1 Å². The molecule has 0 aliphatic carbocycles. The zero-order valence-electron chi connectivity index (χ0n) is 16.5. The number of benzene rings is 2. The Morgan fingerprint density at radius 3 is 2.48 bits per heavy atom. The predicted octanol–water partition coefficient (Wildman–Crippen LogP) is 3.85. The van der Waals surface area contributed by atoms with Gasteiger partial charge in [0.25, 0.3) is 5.91 Å². The molecule has 29 heavy (non-hydrogen) atoms. The van der Waals surface area contributed by atoms with Crippen LogP contribution in [0.25, 0.3) is 0 Å². The van der Waals surface area contributed by atoms with E-state index < -0.39 is 21.0 Å². The Labute approximate surface area is 170 Å². The van der Waals surface area contributed by atoms with Gasteiger partial charge in [-0.05, 0) is 61.4 Å². The van der Waals surface area contributed by atoms with Crippen LogP contribution in [0.2, 0.25) is 0 Å². The highest BCUT2D eigenvalue weighted by Crippen LogP contribution is 2.30. The lowest BCUT2D eigenvalue weighted by atomic mass is 10.1. The van der Waals surface area contributed by atoms with Gasteiger partial charge in [-0.25, -0.2) is 8.42 Å². The molecular weight excluding hydrogens is 390 g/mol. The summed E-state index contributed by atoms with van der Waals surface area (Å²) in [5.41, 5.74) is 2.21. The van der Waals surface area contributed by atoms with Crippen molar-refractivity contribution in [2.24, 2.45) is 0 Å². The summed E-state index contributed by atoms with van der Waals surface area (Å²) in [4.78, 5) is 12.8. The van der Waals surface area contributed by atoms with Crippen LogP contribution in [-0.4, -0.2) is 28.0 Å². The molecule has 0 fully saturated rings. The van der Waals surface area contributed by atoms with E-state index in [0.29, 0.717) is 11.3 Å². The number of ether oxygens (including phenoxy) is 1. The molecule has 0 radical (unpaired) electrons. The number of carbonyl (C=O) groups excluding carboxylic acids is 1. The molecule has 3 aromatic rings. The van der Waals surface area contributed by atoms with E-state index in [-0.39, 0.29) is 17.2 Å². The third-order valence-corrected chi connectivity index (χ3v) is 6.90. The van der Waals surface area contributed by atoms with Gasteiger partial charge in [0.15, 0.2) is 9.84 Å². The summed E-state index contributed by atoms with van der Waals surface area (Å²) in [7, 11) is -2.32. The van der Waals surface area contributed by atoms with E-state index in [1.807, 2.05) is 13.8 Å². The molecule has 0 spiro atoms. The second-order valence-electron chi connectivity index (χ2n) is 6.71. The van der Waals surface area contributed by atoms with Crippen LogP contribution in [-0.2, 0) is 9.84 Å². The van der Waals surface area contributed by atoms with E-state index in [0.717, 1.165) is 11.1 Å². The predicted molar refractivity (Wildman–Crippen MR) is 110 cm³/mol. The Morgan fingerprint density at radius 2 is 1.83 bits per heavy atom. The quantitative estimate of drug-likeness (QED) is 0.636. The summed E-state index contributed by atoms with van der Waals surface area (Å²) in [6.07, 6.45) is 1.42. The minimum absolute atomic E-state index is 0.139. The highest BCUT2D eigenvalue weighted by atomic mass is 32.2. The van der Waals surface area contributed by atoms with Crippen LogP contribution >= 0.6 is 0 Å². The lowest BCUT2D eigenvalue weighted by molar-refractivity contribution is 0.0950. The third kappa shape index (κ3) is 4.35. The molecule has 0 aliphatic heterocycles. The van der Waals surface area contributed by atoms with Crippen LogP contribution in [0, 0.1) is 13.8 Å². The first kappa shape index (κ1) is 20.7. The normalized spacial score (nSPS) is 12.4. The molecule has 1 aromatic heterocycles. The number of hydrogen-bond donors (Lipinski definition) is 1. The van der Waals surface area contributed by atoms with E-state index in [4.69, 9.17) is 9.15 Å². The Morgan fingerprint density at radius 1 is 1.07 bits per heavy atom. The third-order valence-electron chi connectivity index (χ3n) is 4.84. The maximum Gasteiger partial charge on any atom is 0.255 e. The molecular formula is C22H23NO5S. The molecule has 1 N–H and O–H groups in total. The molecule has 0 unspecified atom stereocenters. The van der Waals surface area contributed by atoms with Crippen molar-refractivity contribution < 1.29 is 22.4 Å². The number of hydrogen-bond acceptors (Lipinski definition) is 5. The topological polar surface area (TPSA) is 85.6 Å². The number of para-hydroxylation sites is 1. The molecule has 1 atom stereocenters. The second-order valence-corrected chi connectivity index (χ2v) is 8.84. The zero-order valence-corrected chi connectivity index (χ0v) is 17.3. The van der Waals surface area contributed by atoms with Crippen LogP contribution in [0.1, 0.15) is 32.5 Å². The highest BCUT2D eigenvalue weighted by Gasteiger charge is 2.32. The van der Waals surface area contributed by atoms with E-state index in [1.54, 1.807) is 54.6 Å². The smallest absolute Gasteiger partial charge is 0.255 e. The summed E-state index contributed by atoms with van der Waals surface area (Å²) in [6, 6.07) is 15.0. The van der Waals surface area contributed by atoms with Gasteiger partial charge in [0, 0.05) is 6.54 Å². The van der Waals surface area contributed by atoms with Crippen molar-refractivity contribution in [3.63, 3.8) is 0 Å². The Kier molecular flexibility index (Phi) is 6.08. The number of carbonyl (C=O) groups is 1. The number of aryl methyl sites for hydroxylation is 2. The summed E-state index contributed by atoms with van der Waals surface area (Å²) >= 11 is 0. The van der Waals surface area contributed by atoms with Gasteiger partial charge in [0.05, 0.1) is 23.8 Å². The fourth-order valence-corrected chi connectivity index (χ4v) is 4.68. The highest BCUT2D eigenvalue weighted by molar-refractivity contribution is 7.91. The van der Waals surface area contributed by atoms with Gasteiger partial charge in [-0.3, -0.25) is 4.79 Å². The number of nitrogens with one attached hydrogen (secondary N) is 1. The Balaban J connectivity index is 1.90. The second kappa shape index (κ2) is 8.53. The van der Waals surface area contributed by atoms with Gasteiger partial charge < -0.3 is 14.5 Å². The molecule has 0 aliphatic rings. The van der Waals surface area contributed by atoms with Crippen molar-refractivity contribution in [3.05, 3.63) is 83.3 Å². The van der Waals surface area contributed by atoms with E-state index in [1.165, 1.54) is 13.4 Å². The van der Waals surface area contributed by atoms with Gasteiger partial charge in [-0.2, -0.15) is 0 Å². The van der Waals surface area contributed by atoms with Gasteiger partial charge in [0.1, 0.15) is 16.8 Å². The SMILES string of the molecule is COc1ccccc1C(=O)NC[C@@H](c1ccco1)S(=O)(=O)c1ccc(C)c(C)c1. The summed E-state index contributed by atoms with van der Waals surface area (Å²) in [5, 5.41) is 1.65. The molecule has 0 saturated carbocycles. The first-order valence-electron chi connectivity index (χ1n) is 9.10.